The van der Waals surface area contributed by atoms with Crippen LogP contribution in [-0.4, -0.2) is 19.1 Å². The molecule has 0 unspecified atom stereocenters. The molecule has 0 spiro atoms. The number of aromatic nitrogens is 4. The van der Waals surface area contributed by atoms with E-state index in [9.17, 15) is 0 Å². The van der Waals surface area contributed by atoms with E-state index in [0.29, 0.717) is 0 Å². The summed E-state index contributed by atoms with van der Waals surface area (Å²) in [6, 6.07) is 8.32. The Balaban J connectivity index is 1.93. The average molecular weight is 254 g/mol. The van der Waals surface area contributed by atoms with Crippen LogP contribution in [-0.2, 0) is 26.4 Å². The van der Waals surface area contributed by atoms with Crippen LogP contribution in [0.15, 0.2) is 36.7 Å². The molecule has 0 amide bonds. The third kappa shape index (κ3) is 2.14. The smallest absolute Gasteiger partial charge is 0.110 e. The van der Waals surface area contributed by atoms with Gasteiger partial charge in [-0.2, -0.15) is 0 Å². The summed E-state index contributed by atoms with van der Waals surface area (Å²) in [7, 11) is 2.04. The van der Waals surface area contributed by atoms with E-state index in [2.05, 4.69) is 44.2 Å². The van der Waals surface area contributed by atoms with Crippen molar-refractivity contribution in [2.24, 2.45) is 7.05 Å². The van der Waals surface area contributed by atoms with Crippen molar-refractivity contribution in [1.82, 2.24) is 19.1 Å². The number of aryl methyl sites for hydroxylation is 4. The maximum Gasteiger partial charge on any atom is 0.110 e. The highest BCUT2D eigenvalue weighted by Gasteiger charge is 2.09. The fraction of sp³-hybridized carbons (Fsp3) is 0.333. The molecule has 4 nitrogen and oxygen atoms in total. The SMILES string of the molecule is CCc1nc2ccccc2n1CCc1nccn1C. The second-order valence-corrected chi connectivity index (χ2v) is 4.73. The third-order valence-electron chi connectivity index (χ3n) is 3.53. The van der Waals surface area contributed by atoms with E-state index in [1.54, 1.807) is 0 Å². The molecule has 4 heteroatoms. The summed E-state index contributed by atoms with van der Waals surface area (Å²) in [5.74, 6) is 2.26. The fourth-order valence-electron chi connectivity index (χ4n) is 2.49. The predicted octanol–water partition coefficient (Wildman–Crippen LogP) is 2.57. The van der Waals surface area contributed by atoms with Crippen LogP contribution in [0.2, 0.25) is 0 Å². The van der Waals surface area contributed by atoms with Crippen molar-refractivity contribution in [3.63, 3.8) is 0 Å². The summed E-state index contributed by atoms with van der Waals surface area (Å²) in [6.45, 7) is 3.08. The fourth-order valence-corrected chi connectivity index (χ4v) is 2.49. The van der Waals surface area contributed by atoms with Crippen molar-refractivity contribution in [1.29, 1.82) is 0 Å². The molecule has 0 aliphatic heterocycles. The Morgan fingerprint density at radius 1 is 1.16 bits per heavy atom. The molecule has 3 aromatic rings. The minimum Gasteiger partial charge on any atom is -0.338 e. The van der Waals surface area contributed by atoms with E-state index >= 15 is 0 Å². The Bertz CT molecular complexity index is 693. The number of hydrogen-bond donors (Lipinski definition) is 0. The summed E-state index contributed by atoms with van der Waals surface area (Å²) in [5, 5.41) is 0. The molecule has 0 saturated carbocycles. The van der Waals surface area contributed by atoms with Gasteiger partial charge in [0.25, 0.3) is 0 Å². The van der Waals surface area contributed by atoms with Gasteiger partial charge in [0, 0.05) is 38.8 Å². The Kier molecular flexibility index (Phi) is 3.07. The maximum absolute atomic E-state index is 4.69. The molecular formula is C15H18N4. The molecule has 3 rings (SSSR count). The molecule has 2 heterocycles. The predicted molar refractivity (Wildman–Crippen MR) is 76.0 cm³/mol. The topological polar surface area (TPSA) is 35.6 Å². The third-order valence-corrected chi connectivity index (χ3v) is 3.53. The van der Waals surface area contributed by atoms with Crippen molar-refractivity contribution in [2.45, 2.75) is 26.3 Å². The monoisotopic (exact) mass is 254 g/mol. The molecular weight excluding hydrogens is 236 g/mol. The van der Waals surface area contributed by atoms with Gasteiger partial charge < -0.3 is 9.13 Å². The number of benzene rings is 1. The van der Waals surface area contributed by atoms with E-state index in [4.69, 9.17) is 0 Å². The van der Waals surface area contributed by atoms with E-state index in [-0.39, 0.29) is 0 Å². The van der Waals surface area contributed by atoms with E-state index in [1.165, 1.54) is 5.52 Å². The molecule has 0 radical (unpaired) electrons. The Labute approximate surface area is 112 Å². The maximum atomic E-state index is 4.69. The van der Waals surface area contributed by atoms with Gasteiger partial charge in [-0.05, 0) is 12.1 Å². The first kappa shape index (κ1) is 12.0. The van der Waals surface area contributed by atoms with Crippen LogP contribution in [0.1, 0.15) is 18.6 Å². The summed E-state index contributed by atoms with van der Waals surface area (Å²) >= 11 is 0. The van der Waals surface area contributed by atoms with Gasteiger partial charge in [-0.1, -0.05) is 19.1 Å². The van der Waals surface area contributed by atoms with Gasteiger partial charge in [-0.15, -0.1) is 0 Å². The summed E-state index contributed by atoms with van der Waals surface area (Å²) < 4.78 is 4.38. The minimum absolute atomic E-state index is 0.925. The molecule has 1 aromatic carbocycles. The lowest BCUT2D eigenvalue weighted by molar-refractivity contribution is 0.637. The highest BCUT2D eigenvalue weighted by molar-refractivity contribution is 5.75. The zero-order chi connectivity index (χ0) is 13.2. The Morgan fingerprint density at radius 3 is 2.74 bits per heavy atom. The van der Waals surface area contributed by atoms with Crippen LogP contribution in [0.5, 0.6) is 0 Å². The second-order valence-electron chi connectivity index (χ2n) is 4.73. The number of imidazole rings is 2. The second kappa shape index (κ2) is 4.88. The number of nitrogens with zero attached hydrogens (tertiary/aromatic N) is 4. The molecule has 0 aliphatic rings. The van der Waals surface area contributed by atoms with Gasteiger partial charge in [0.2, 0.25) is 0 Å². The van der Waals surface area contributed by atoms with Gasteiger partial charge in [-0.25, -0.2) is 9.97 Å². The molecule has 2 aromatic heterocycles. The van der Waals surface area contributed by atoms with Crippen LogP contribution in [0, 0.1) is 0 Å². The Hall–Kier alpha value is -2.10. The van der Waals surface area contributed by atoms with Gasteiger partial charge in [-0.3, -0.25) is 0 Å². The van der Waals surface area contributed by atoms with Gasteiger partial charge in [0.1, 0.15) is 11.6 Å². The molecule has 0 bridgehead atoms. The van der Waals surface area contributed by atoms with Gasteiger partial charge >= 0.3 is 0 Å². The molecule has 19 heavy (non-hydrogen) atoms. The standard InChI is InChI=1S/C15H18N4/c1-3-14-17-12-6-4-5-7-13(12)19(14)10-8-15-16-9-11-18(15)2/h4-7,9,11H,3,8,10H2,1-2H3. The van der Waals surface area contributed by atoms with Crippen LogP contribution in [0.25, 0.3) is 11.0 Å². The quantitative estimate of drug-likeness (QED) is 0.717. The van der Waals surface area contributed by atoms with Crippen molar-refractivity contribution >= 4 is 11.0 Å². The lowest BCUT2D eigenvalue weighted by Gasteiger charge is -2.08. The van der Waals surface area contributed by atoms with Crippen LogP contribution < -0.4 is 0 Å². The molecule has 98 valence electrons. The van der Waals surface area contributed by atoms with Crippen molar-refractivity contribution in [3.8, 4) is 0 Å². The highest BCUT2D eigenvalue weighted by Crippen LogP contribution is 2.17. The van der Waals surface area contributed by atoms with Crippen LogP contribution >= 0.6 is 0 Å². The Morgan fingerprint density at radius 2 is 2.00 bits per heavy atom. The van der Waals surface area contributed by atoms with E-state index < -0.39 is 0 Å². The lowest BCUT2D eigenvalue weighted by atomic mass is 10.3. The largest absolute Gasteiger partial charge is 0.338 e. The average Bonchev–Trinajstić information content (AvgIpc) is 2.99. The summed E-state index contributed by atoms with van der Waals surface area (Å²) in [4.78, 5) is 9.07. The number of fused-ring (bicyclic) bond motifs is 1. The van der Waals surface area contributed by atoms with E-state index in [1.807, 2.05) is 25.5 Å². The first-order chi connectivity index (χ1) is 9.29. The first-order valence-electron chi connectivity index (χ1n) is 6.70. The van der Waals surface area contributed by atoms with Crippen molar-refractivity contribution in [2.75, 3.05) is 0 Å². The van der Waals surface area contributed by atoms with Crippen LogP contribution in [0.4, 0.5) is 0 Å². The summed E-state index contributed by atoms with van der Waals surface area (Å²) in [6.07, 6.45) is 5.72. The number of para-hydroxylation sites is 2. The molecule has 0 N–H and O–H groups in total. The normalized spacial score (nSPS) is 11.3. The number of hydrogen-bond acceptors (Lipinski definition) is 2. The van der Waals surface area contributed by atoms with Crippen LogP contribution in [0.3, 0.4) is 0 Å². The van der Waals surface area contributed by atoms with E-state index in [0.717, 1.165) is 36.6 Å². The first-order valence-corrected chi connectivity index (χ1v) is 6.70. The van der Waals surface area contributed by atoms with Gasteiger partial charge in [0.05, 0.1) is 11.0 Å². The van der Waals surface area contributed by atoms with Gasteiger partial charge in [0.15, 0.2) is 0 Å². The zero-order valence-corrected chi connectivity index (χ0v) is 11.4. The molecule has 0 fully saturated rings. The van der Waals surface area contributed by atoms with Crippen molar-refractivity contribution in [3.05, 3.63) is 48.3 Å². The number of rotatable bonds is 4. The lowest BCUT2D eigenvalue weighted by Crippen LogP contribution is -2.08. The molecule has 0 atom stereocenters. The summed E-state index contributed by atoms with van der Waals surface area (Å²) in [5.41, 5.74) is 2.30. The minimum atomic E-state index is 0.925. The van der Waals surface area contributed by atoms with Crippen molar-refractivity contribution < 1.29 is 0 Å². The highest BCUT2D eigenvalue weighted by atomic mass is 15.1. The zero-order valence-electron chi connectivity index (χ0n) is 11.4. The molecule has 0 aliphatic carbocycles. The molecule has 0 saturated heterocycles.